The van der Waals surface area contributed by atoms with Crippen LogP contribution in [-0.2, 0) is 9.78 Å². The van der Waals surface area contributed by atoms with Crippen LogP contribution in [0.25, 0.3) is 0 Å². The third-order valence-electron chi connectivity index (χ3n) is 0.607. The Morgan fingerprint density at radius 2 is 2.33 bits per heavy atom. The summed E-state index contributed by atoms with van der Waals surface area (Å²) in [5.74, 6) is 0. The van der Waals surface area contributed by atoms with E-state index >= 15 is 0 Å². The fourth-order valence-corrected chi connectivity index (χ4v) is 0.219. The van der Waals surface area contributed by atoms with Crippen molar-refractivity contribution in [3.63, 3.8) is 0 Å². The van der Waals surface area contributed by atoms with Crippen LogP contribution in [0, 0.1) is 0 Å². The van der Waals surface area contributed by atoms with Crippen LogP contribution in [0.4, 0.5) is 0 Å². The normalized spacial score (nSPS) is 12.7. The van der Waals surface area contributed by atoms with Crippen LogP contribution in [0.1, 0.15) is 0 Å². The van der Waals surface area contributed by atoms with Gasteiger partial charge < -0.3 is 15.1 Å². The van der Waals surface area contributed by atoms with Gasteiger partial charge in [-0.2, -0.15) is 4.89 Å². The lowest BCUT2D eigenvalue weighted by atomic mass is 10.4. The Balaban J connectivity index is 2.96. The van der Waals surface area contributed by atoms with Gasteiger partial charge in [0.2, 0.25) is 0 Å². The molecule has 4 heteroatoms. The predicted molar refractivity (Wildman–Crippen MR) is 30.3 cm³/mol. The predicted octanol–water partition coefficient (Wildman–Crippen LogP) is -0.569. The molecule has 0 aliphatic rings. The Labute approximate surface area is 53.3 Å². The van der Waals surface area contributed by atoms with E-state index in [9.17, 15) is 0 Å². The van der Waals surface area contributed by atoms with Crippen molar-refractivity contribution < 1.29 is 20.0 Å². The largest absolute Gasteiger partial charge is 0.394 e. The monoisotopic (exact) mass is 134 g/mol. The number of rotatable bonds is 5. The highest BCUT2D eigenvalue weighted by Crippen LogP contribution is 1.84. The van der Waals surface area contributed by atoms with Crippen LogP contribution in [0.2, 0.25) is 0 Å². The maximum atomic E-state index is 8.60. The smallest absolute Gasteiger partial charge is 0.122 e. The standard InChI is InChI=1S/C5H10O4/c1-2-8-9-4-5(7)3-6/h2,5-7H,1,3-4H2. The van der Waals surface area contributed by atoms with E-state index in [4.69, 9.17) is 10.2 Å². The zero-order valence-electron chi connectivity index (χ0n) is 4.99. The van der Waals surface area contributed by atoms with Crippen molar-refractivity contribution >= 4 is 0 Å². The quantitative estimate of drug-likeness (QED) is 0.229. The van der Waals surface area contributed by atoms with E-state index < -0.39 is 6.10 Å². The Morgan fingerprint density at radius 3 is 2.78 bits per heavy atom. The SMILES string of the molecule is C=COOCC(O)CO. The van der Waals surface area contributed by atoms with Crippen molar-refractivity contribution in [3.05, 3.63) is 12.8 Å². The summed E-state index contributed by atoms with van der Waals surface area (Å²) in [7, 11) is 0. The maximum Gasteiger partial charge on any atom is 0.122 e. The van der Waals surface area contributed by atoms with Gasteiger partial charge >= 0.3 is 0 Å². The number of aliphatic hydroxyl groups is 2. The molecule has 0 aromatic heterocycles. The second-order valence-electron chi connectivity index (χ2n) is 1.38. The molecule has 1 atom stereocenters. The summed E-state index contributed by atoms with van der Waals surface area (Å²) in [5.41, 5.74) is 0. The Bertz CT molecular complexity index is 73.4. The maximum absolute atomic E-state index is 8.60. The molecule has 0 saturated heterocycles. The molecule has 0 saturated carbocycles. The van der Waals surface area contributed by atoms with Gasteiger partial charge in [-0.25, -0.2) is 0 Å². The minimum absolute atomic E-state index is 0.0531. The molecule has 0 amide bonds. The van der Waals surface area contributed by atoms with E-state index in [0.717, 1.165) is 6.26 Å². The summed E-state index contributed by atoms with van der Waals surface area (Å²) in [6.07, 6.45) is 0.203. The minimum atomic E-state index is -0.884. The van der Waals surface area contributed by atoms with Gasteiger partial charge in [0.15, 0.2) is 0 Å². The average Bonchev–Trinajstić information content (AvgIpc) is 1.89. The first kappa shape index (κ1) is 8.42. The van der Waals surface area contributed by atoms with Gasteiger partial charge in [0.1, 0.15) is 19.0 Å². The first-order valence-corrected chi connectivity index (χ1v) is 2.49. The van der Waals surface area contributed by atoms with E-state index in [1.54, 1.807) is 0 Å². The fourth-order valence-electron chi connectivity index (χ4n) is 0.219. The van der Waals surface area contributed by atoms with Crippen molar-refractivity contribution in [2.24, 2.45) is 0 Å². The van der Waals surface area contributed by atoms with Gasteiger partial charge in [-0.15, -0.1) is 0 Å². The van der Waals surface area contributed by atoms with Gasteiger partial charge in [0.05, 0.1) is 6.61 Å². The van der Waals surface area contributed by atoms with Crippen molar-refractivity contribution in [1.82, 2.24) is 0 Å². The molecule has 0 heterocycles. The third-order valence-corrected chi connectivity index (χ3v) is 0.607. The van der Waals surface area contributed by atoms with Crippen molar-refractivity contribution in [3.8, 4) is 0 Å². The molecule has 4 nitrogen and oxygen atoms in total. The van der Waals surface area contributed by atoms with Gasteiger partial charge in [-0.05, 0) is 0 Å². The van der Waals surface area contributed by atoms with Crippen molar-refractivity contribution in [2.75, 3.05) is 13.2 Å². The van der Waals surface area contributed by atoms with Crippen LogP contribution in [0.3, 0.4) is 0 Å². The summed E-state index contributed by atoms with van der Waals surface area (Å²) < 4.78 is 0. The van der Waals surface area contributed by atoms with Crippen LogP contribution in [0.15, 0.2) is 12.8 Å². The van der Waals surface area contributed by atoms with E-state index in [-0.39, 0.29) is 13.2 Å². The first-order valence-electron chi connectivity index (χ1n) is 2.49. The zero-order chi connectivity index (χ0) is 7.11. The van der Waals surface area contributed by atoms with Crippen molar-refractivity contribution in [2.45, 2.75) is 6.10 Å². The van der Waals surface area contributed by atoms with Gasteiger partial charge in [0.25, 0.3) is 0 Å². The number of hydrogen-bond donors (Lipinski definition) is 2. The van der Waals surface area contributed by atoms with Crippen LogP contribution in [0.5, 0.6) is 0 Å². The Morgan fingerprint density at radius 1 is 1.67 bits per heavy atom. The lowest BCUT2D eigenvalue weighted by Gasteiger charge is -2.04. The zero-order valence-corrected chi connectivity index (χ0v) is 4.99. The molecular weight excluding hydrogens is 124 g/mol. The van der Waals surface area contributed by atoms with E-state index in [0.29, 0.717) is 0 Å². The lowest BCUT2D eigenvalue weighted by molar-refractivity contribution is -0.263. The van der Waals surface area contributed by atoms with E-state index in [2.05, 4.69) is 16.4 Å². The number of hydrogen-bond acceptors (Lipinski definition) is 4. The van der Waals surface area contributed by atoms with E-state index in [1.165, 1.54) is 0 Å². The summed E-state index contributed by atoms with van der Waals surface area (Å²) in [6.45, 7) is 2.81. The molecule has 0 bridgehead atoms. The first-order chi connectivity index (χ1) is 4.31. The van der Waals surface area contributed by atoms with Crippen LogP contribution < -0.4 is 0 Å². The molecule has 0 fully saturated rings. The van der Waals surface area contributed by atoms with Crippen molar-refractivity contribution in [1.29, 1.82) is 0 Å². The highest BCUT2D eigenvalue weighted by Gasteiger charge is 2.00. The molecule has 2 N–H and O–H groups in total. The van der Waals surface area contributed by atoms with E-state index in [1.807, 2.05) is 0 Å². The fraction of sp³-hybridized carbons (Fsp3) is 0.600. The summed E-state index contributed by atoms with van der Waals surface area (Å²) in [6, 6.07) is 0. The lowest BCUT2D eigenvalue weighted by Crippen LogP contribution is -2.18. The highest BCUT2D eigenvalue weighted by molar-refractivity contribution is 4.47. The molecule has 0 aliphatic carbocycles. The minimum Gasteiger partial charge on any atom is -0.394 e. The van der Waals surface area contributed by atoms with Crippen LogP contribution in [-0.4, -0.2) is 29.5 Å². The molecule has 0 rings (SSSR count). The number of aliphatic hydroxyl groups excluding tert-OH is 2. The summed E-state index contributed by atoms with van der Waals surface area (Å²) in [4.78, 5) is 8.51. The van der Waals surface area contributed by atoms with Gasteiger partial charge in [-0.3, -0.25) is 0 Å². The molecule has 0 radical (unpaired) electrons. The van der Waals surface area contributed by atoms with Crippen LogP contribution >= 0.6 is 0 Å². The molecule has 0 aliphatic heterocycles. The average molecular weight is 134 g/mol. The molecule has 0 aromatic rings. The summed E-state index contributed by atoms with van der Waals surface area (Å²) in [5, 5.41) is 16.8. The molecule has 54 valence electrons. The van der Waals surface area contributed by atoms with Gasteiger partial charge in [-0.1, -0.05) is 6.58 Å². The second kappa shape index (κ2) is 5.55. The molecule has 9 heavy (non-hydrogen) atoms. The molecular formula is C5H10O4. The van der Waals surface area contributed by atoms with Gasteiger partial charge in [0, 0.05) is 0 Å². The second-order valence-corrected chi connectivity index (χ2v) is 1.38. The topological polar surface area (TPSA) is 58.9 Å². The Kier molecular flexibility index (Phi) is 5.20. The summed E-state index contributed by atoms with van der Waals surface area (Å²) >= 11 is 0. The Hall–Kier alpha value is -0.580. The molecule has 1 unspecified atom stereocenters. The third kappa shape index (κ3) is 5.29. The molecule has 0 aromatic carbocycles. The highest BCUT2D eigenvalue weighted by atomic mass is 17.2. The molecule has 0 spiro atoms.